The van der Waals surface area contributed by atoms with Crippen molar-refractivity contribution >= 4 is 0 Å². The van der Waals surface area contributed by atoms with Crippen LogP contribution in [0.4, 0.5) is 0 Å². The first kappa shape index (κ1) is 8.06. The molecule has 0 spiro atoms. The molecule has 1 aliphatic carbocycles. The van der Waals surface area contributed by atoms with Gasteiger partial charge in [-0.2, -0.15) is 0 Å². The standard InChI is InChI=1S/C11H17N/c1-4-5-9-6-8(2)7-10-11(9)12(10)3/h4,6,9-11H,1,5,7H2,2-3H3/t9-,10-,11+,12?/m0/s1. The highest BCUT2D eigenvalue weighted by molar-refractivity contribution is 5.22. The van der Waals surface area contributed by atoms with Crippen LogP contribution in [0.25, 0.3) is 0 Å². The number of hydrogen-bond acceptors (Lipinski definition) is 1. The van der Waals surface area contributed by atoms with Crippen molar-refractivity contribution in [3.05, 3.63) is 24.3 Å². The van der Waals surface area contributed by atoms with E-state index in [4.69, 9.17) is 0 Å². The predicted molar refractivity (Wildman–Crippen MR) is 52.0 cm³/mol. The molecule has 1 heterocycles. The van der Waals surface area contributed by atoms with E-state index >= 15 is 0 Å². The van der Waals surface area contributed by atoms with Gasteiger partial charge in [0.05, 0.1) is 0 Å². The van der Waals surface area contributed by atoms with Crippen LogP contribution < -0.4 is 0 Å². The second-order valence-electron chi connectivity index (χ2n) is 4.13. The molecular weight excluding hydrogens is 146 g/mol. The summed E-state index contributed by atoms with van der Waals surface area (Å²) < 4.78 is 0. The molecule has 12 heavy (non-hydrogen) atoms. The highest BCUT2D eigenvalue weighted by Crippen LogP contribution is 2.42. The maximum atomic E-state index is 3.81. The second kappa shape index (κ2) is 2.74. The highest BCUT2D eigenvalue weighted by atomic mass is 15.3. The van der Waals surface area contributed by atoms with E-state index in [1.54, 1.807) is 5.57 Å². The smallest absolute Gasteiger partial charge is 0.0321 e. The average Bonchev–Trinajstić information content (AvgIpc) is 2.62. The van der Waals surface area contributed by atoms with Crippen LogP contribution in [0, 0.1) is 5.92 Å². The third kappa shape index (κ3) is 1.13. The Hall–Kier alpha value is -0.560. The molecule has 0 N–H and O–H groups in total. The van der Waals surface area contributed by atoms with Crippen LogP contribution >= 0.6 is 0 Å². The summed E-state index contributed by atoms with van der Waals surface area (Å²) in [5.41, 5.74) is 1.56. The van der Waals surface area contributed by atoms with Crippen LogP contribution in [0.1, 0.15) is 19.8 Å². The van der Waals surface area contributed by atoms with Crippen LogP contribution in [0.3, 0.4) is 0 Å². The van der Waals surface area contributed by atoms with Crippen molar-refractivity contribution in [3.8, 4) is 0 Å². The Kier molecular flexibility index (Phi) is 1.84. The number of allylic oxidation sites excluding steroid dienone is 1. The third-order valence-corrected chi connectivity index (χ3v) is 3.21. The van der Waals surface area contributed by atoms with Crippen LogP contribution in [-0.4, -0.2) is 24.0 Å². The summed E-state index contributed by atoms with van der Waals surface area (Å²) in [5, 5.41) is 0. The molecule has 0 aromatic heterocycles. The Balaban J connectivity index is 2.10. The van der Waals surface area contributed by atoms with Gasteiger partial charge in [-0.1, -0.05) is 17.7 Å². The van der Waals surface area contributed by atoms with E-state index in [0.29, 0.717) is 0 Å². The summed E-state index contributed by atoms with van der Waals surface area (Å²) in [6, 6.07) is 1.67. The minimum Gasteiger partial charge on any atom is -0.296 e. The zero-order chi connectivity index (χ0) is 8.72. The van der Waals surface area contributed by atoms with Gasteiger partial charge in [0.2, 0.25) is 0 Å². The van der Waals surface area contributed by atoms with Crippen molar-refractivity contribution in [3.63, 3.8) is 0 Å². The van der Waals surface area contributed by atoms with Crippen LogP contribution in [0.2, 0.25) is 0 Å². The largest absolute Gasteiger partial charge is 0.296 e. The molecule has 1 fully saturated rings. The first-order valence-corrected chi connectivity index (χ1v) is 4.74. The summed E-state index contributed by atoms with van der Waals surface area (Å²) in [6.07, 6.45) is 6.91. The number of rotatable bonds is 2. The van der Waals surface area contributed by atoms with E-state index < -0.39 is 0 Å². The van der Waals surface area contributed by atoms with Crippen molar-refractivity contribution in [1.29, 1.82) is 0 Å². The van der Waals surface area contributed by atoms with Gasteiger partial charge in [-0.3, -0.25) is 4.90 Å². The molecule has 0 amide bonds. The molecule has 0 saturated carbocycles. The lowest BCUT2D eigenvalue weighted by molar-refractivity contribution is 0.516. The van der Waals surface area contributed by atoms with Crippen molar-refractivity contribution in [2.24, 2.45) is 5.92 Å². The van der Waals surface area contributed by atoms with Crippen LogP contribution in [0.15, 0.2) is 24.3 Å². The van der Waals surface area contributed by atoms with E-state index in [1.807, 2.05) is 6.08 Å². The minimum atomic E-state index is 0.742. The van der Waals surface area contributed by atoms with Gasteiger partial charge in [0.25, 0.3) is 0 Å². The molecule has 0 aromatic carbocycles. The third-order valence-electron chi connectivity index (χ3n) is 3.21. The second-order valence-corrected chi connectivity index (χ2v) is 4.13. The molecule has 66 valence electrons. The molecule has 1 nitrogen and oxygen atoms in total. The fourth-order valence-corrected chi connectivity index (χ4v) is 2.54. The van der Waals surface area contributed by atoms with Crippen LogP contribution in [-0.2, 0) is 0 Å². The zero-order valence-corrected chi connectivity index (χ0v) is 7.96. The highest BCUT2D eigenvalue weighted by Gasteiger charge is 2.49. The van der Waals surface area contributed by atoms with E-state index in [2.05, 4.69) is 31.5 Å². The Bertz CT molecular complexity index is 229. The maximum absolute atomic E-state index is 3.81. The Morgan fingerprint density at radius 1 is 1.75 bits per heavy atom. The molecule has 0 bridgehead atoms. The van der Waals surface area contributed by atoms with E-state index in [0.717, 1.165) is 24.4 Å². The number of likely N-dealkylation sites (N-methyl/N-ethyl adjacent to an activating group) is 1. The molecular formula is C11H17N. The summed E-state index contributed by atoms with van der Waals surface area (Å²) in [5.74, 6) is 0.742. The number of fused-ring (bicyclic) bond motifs is 1. The monoisotopic (exact) mass is 163 g/mol. The lowest BCUT2D eigenvalue weighted by Crippen LogP contribution is -2.13. The van der Waals surface area contributed by atoms with Crippen molar-refractivity contribution < 1.29 is 0 Å². The average molecular weight is 163 g/mol. The van der Waals surface area contributed by atoms with Crippen LogP contribution in [0.5, 0.6) is 0 Å². The lowest BCUT2D eigenvalue weighted by Gasteiger charge is -2.15. The molecule has 0 aromatic rings. The Morgan fingerprint density at radius 2 is 2.50 bits per heavy atom. The minimum absolute atomic E-state index is 0.742. The molecule has 1 saturated heterocycles. The number of hydrogen-bond donors (Lipinski definition) is 0. The molecule has 2 aliphatic rings. The molecule has 2 rings (SSSR count). The van der Waals surface area contributed by atoms with Gasteiger partial charge in [0, 0.05) is 12.1 Å². The topological polar surface area (TPSA) is 3.01 Å². The molecule has 1 heteroatoms. The number of nitrogens with zero attached hydrogens (tertiary/aromatic N) is 1. The summed E-state index contributed by atoms with van der Waals surface area (Å²) in [4.78, 5) is 2.49. The Morgan fingerprint density at radius 3 is 3.17 bits per heavy atom. The van der Waals surface area contributed by atoms with E-state index in [1.165, 1.54) is 6.42 Å². The SMILES string of the molecule is C=CC[C@H]1C=C(C)C[C@H]2[C@@H]1N2C. The first-order chi connectivity index (χ1) is 5.74. The first-order valence-electron chi connectivity index (χ1n) is 4.74. The van der Waals surface area contributed by atoms with E-state index in [-0.39, 0.29) is 0 Å². The molecule has 1 aliphatic heterocycles. The van der Waals surface area contributed by atoms with Gasteiger partial charge in [0.15, 0.2) is 0 Å². The van der Waals surface area contributed by atoms with Crippen molar-refractivity contribution in [2.75, 3.05) is 7.05 Å². The lowest BCUT2D eigenvalue weighted by atomic mass is 9.89. The quantitative estimate of drug-likeness (QED) is 0.445. The zero-order valence-electron chi connectivity index (χ0n) is 7.96. The van der Waals surface area contributed by atoms with Gasteiger partial charge in [0.1, 0.15) is 0 Å². The summed E-state index contributed by atoms with van der Waals surface area (Å²) >= 11 is 0. The van der Waals surface area contributed by atoms with E-state index in [9.17, 15) is 0 Å². The van der Waals surface area contributed by atoms with Gasteiger partial charge in [-0.25, -0.2) is 0 Å². The fraction of sp³-hybridized carbons (Fsp3) is 0.636. The van der Waals surface area contributed by atoms with Gasteiger partial charge >= 0.3 is 0 Å². The summed E-state index contributed by atoms with van der Waals surface area (Å²) in [6.45, 7) is 6.06. The molecule has 0 radical (unpaired) electrons. The maximum Gasteiger partial charge on any atom is 0.0321 e. The normalized spacial score (nSPS) is 44.7. The summed E-state index contributed by atoms with van der Waals surface area (Å²) in [7, 11) is 2.23. The fourth-order valence-electron chi connectivity index (χ4n) is 2.54. The Labute approximate surface area is 74.8 Å². The molecule has 1 unspecified atom stereocenters. The molecule has 4 atom stereocenters. The predicted octanol–water partition coefficient (Wildman–Crippen LogP) is 2.21. The van der Waals surface area contributed by atoms with Gasteiger partial charge < -0.3 is 0 Å². The van der Waals surface area contributed by atoms with Crippen molar-refractivity contribution in [2.45, 2.75) is 31.8 Å². The van der Waals surface area contributed by atoms with Gasteiger partial charge in [-0.05, 0) is 32.7 Å². The van der Waals surface area contributed by atoms with Crippen molar-refractivity contribution in [1.82, 2.24) is 4.90 Å². The van der Waals surface area contributed by atoms with Gasteiger partial charge in [-0.15, -0.1) is 6.58 Å².